The van der Waals surface area contributed by atoms with Crippen molar-refractivity contribution in [2.45, 2.75) is 77.2 Å². The van der Waals surface area contributed by atoms with Gasteiger partial charge in [-0.1, -0.05) is 36.4 Å². The third-order valence-electron chi connectivity index (χ3n) is 13.0. The number of aliphatic imine (C=N–C) groups is 2. The van der Waals surface area contributed by atoms with Gasteiger partial charge in [-0.15, -0.1) is 0 Å². The number of methoxy groups -OCH3 is 2. The van der Waals surface area contributed by atoms with Gasteiger partial charge in [-0.2, -0.15) is 0 Å². The molecule has 0 radical (unpaired) electrons. The molecule has 2 N–H and O–H groups in total. The fraction of sp³-hybridized carbons (Fsp3) is 0.291. The summed E-state index contributed by atoms with van der Waals surface area (Å²) in [7, 11) is 2.73. The highest BCUT2D eigenvalue weighted by atomic mass is 16.5. The van der Waals surface area contributed by atoms with E-state index in [1.165, 1.54) is 14.2 Å². The van der Waals surface area contributed by atoms with Gasteiger partial charge in [-0.05, 0) is 77.2 Å². The Morgan fingerprint density at radius 2 is 1.18 bits per heavy atom. The van der Waals surface area contributed by atoms with Crippen molar-refractivity contribution in [1.82, 2.24) is 10.6 Å². The lowest BCUT2D eigenvalue weighted by Crippen LogP contribution is -2.37. The third kappa shape index (κ3) is 10.5. The molecular formula is C55H52N6O11. The molecule has 0 spiro atoms. The van der Waals surface area contributed by atoms with Crippen LogP contribution >= 0.6 is 0 Å². The molecule has 4 aliphatic heterocycles. The summed E-state index contributed by atoms with van der Waals surface area (Å²) in [6, 6.07) is 27.2. The number of para-hydroxylation sites is 2. The van der Waals surface area contributed by atoms with Gasteiger partial charge in [0.25, 0.3) is 11.8 Å². The molecule has 0 saturated heterocycles. The Hall–Kier alpha value is -8.47. The van der Waals surface area contributed by atoms with Crippen molar-refractivity contribution in [1.29, 1.82) is 0 Å². The minimum absolute atomic E-state index is 0.00353. The van der Waals surface area contributed by atoms with Crippen LogP contribution < -0.4 is 34.6 Å². The lowest BCUT2D eigenvalue weighted by Gasteiger charge is -2.22. The number of anilines is 2. The molecule has 17 nitrogen and oxygen atoms in total. The fourth-order valence-corrected chi connectivity index (χ4v) is 9.29. The van der Waals surface area contributed by atoms with Gasteiger partial charge in [0, 0.05) is 86.6 Å². The molecular weight excluding hydrogens is 921 g/mol. The highest BCUT2D eigenvalue weighted by molar-refractivity contribution is 6.16. The van der Waals surface area contributed by atoms with E-state index in [0.29, 0.717) is 69.3 Å². The highest BCUT2D eigenvalue weighted by Gasteiger charge is 2.38. The van der Waals surface area contributed by atoms with E-state index in [-0.39, 0.29) is 99.4 Å². The van der Waals surface area contributed by atoms with Gasteiger partial charge in [0.1, 0.15) is 19.0 Å². The first kappa shape index (κ1) is 48.5. The number of rotatable bonds is 19. The van der Waals surface area contributed by atoms with Gasteiger partial charge in [-0.3, -0.25) is 53.3 Å². The average molecular weight is 973 g/mol. The van der Waals surface area contributed by atoms with Crippen molar-refractivity contribution in [3.05, 3.63) is 136 Å². The number of benzene rings is 5. The van der Waals surface area contributed by atoms with Gasteiger partial charge in [0.2, 0.25) is 11.8 Å². The molecule has 17 heteroatoms. The number of hydrogen-bond donors (Lipinski definition) is 2. The van der Waals surface area contributed by atoms with Crippen LogP contribution in [-0.4, -0.2) is 93.0 Å². The number of Topliss-reactive ketones (excluding diaryl/α,β-unsaturated/α-hetero) is 2. The summed E-state index contributed by atoms with van der Waals surface area (Å²) in [4.78, 5) is 104. The maximum Gasteiger partial charge on any atom is 0.307 e. The van der Waals surface area contributed by atoms with E-state index in [0.717, 1.165) is 22.5 Å². The van der Waals surface area contributed by atoms with Crippen molar-refractivity contribution in [3.63, 3.8) is 0 Å². The SMILES string of the molecule is COC(=O)CCNC(=O)CCC(=O)CNC(=O)CCC(=O)c1cc(COc2cc3c(cc2C)C(=O)N2c4ccccc4C[C@H]2C=N3)cc(COc2cc3c(cc2OC)C(=O)N2c4ccccc4C[C@H]2C=N3)c1. The number of nitrogens with one attached hydrogen (secondary N) is 2. The molecule has 72 heavy (non-hydrogen) atoms. The first-order valence-corrected chi connectivity index (χ1v) is 23.7. The monoisotopic (exact) mass is 972 g/mol. The minimum Gasteiger partial charge on any atom is -0.493 e. The number of amides is 4. The number of hydrogen-bond acceptors (Lipinski definition) is 13. The molecule has 0 bridgehead atoms. The Balaban J connectivity index is 0.900. The van der Waals surface area contributed by atoms with Crippen molar-refractivity contribution < 1.29 is 52.5 Å². The zero-order chi connectivity index (χ0) is 50.5. The van der Waals surface area contributed by atoms with Crippen LogP contribution in [0.3, 0.4) is 0 Å². The predicted molar refractivity (Wildman–Crippen MR) is 268 cm³/mol. The topological polar surface area (TPSA) is 212 Å². The van der Waals surface area contributed by atoms with Gasteiger partial charge in [0.05, 0.1) is 61.8 Å². The Kier molecular flexibility index (Phi) is 14.3. The number of ether oxygens (including phenoxy) is 4. The molecule has 5 aromatic carbocycles. The largest absolute Gasteiger partial charge is 0.493 e. The van der Waals surface area contributed by atoms with Crippen LogP contribution in [0.4, 0.5) is 22.7 Å². The van der Waals surface area contributed by atoms with E-state index < -0.39 is 17.8 Å². The first-order chi connectivity index (χ1) is 34.9. The van der Waals surface area contributed by atoms with Gasteiger partial charge < -0.3 is 29.6 Å². The van der Waals surface area contributed by atoms with Crippen molar-refractivity contribution in [2.75, 3.05) is 37.1 Å². The summed E-state index contributed by atoms with van der Waals surface area (Å²) in [6.45, 7) is 1.59. The predicted octanol–water partition coefficient (Wildman–Crippen LogP) is 6.84. The third-order valence-corrected chi connectivity index (χ3v) is 13.0. The summed E-state index contributed by atoms with van der Waals surface area (Å²) in [5, 5.41) is 5.07. The van der Waals surface area contributed by atoms with Gasteiger partial charge in [0.15, 0.2) is 23.1 Å². The zero-order valence-electron chi connectivity index (χ0n) is 40.0. The van der Waals surface area contributed by atoms with E-state index in [1.807, 2.05) is 61.5 Å². The van der Waals surface area contributed by atoms with Crippen LogP contribution in [0.1, 0.15) is 91.0 Å². The quantitative estimate of drug-likeness (QED) is 0.0646. The highest BCUT2D eigenvalue weighted by Crippen LogP contribution is 2.42. The molecule has 5 aromatic rings. The Labute approximate surface area is 415 Å². The molecule has 9 rings (SSSR count). The Bertz CT molecular complexity index is 3090. The van der Waals surface area contributed by atoms with Crippen LogP contribution in [0.15, 0.2) is 101 Å². The number of nitrogens with zero attached hydrogens (tertiary/aromatic N) is 4. The second-order valence-electron chi connectivity index (χ2n) is 17.9. The summed E-state index contributed by atoms with van der Waals surface area (Å²) in [5.74, 6) is -1.35. The first-order valence-electron chi connectivity index (χ1n) is 23.7. The standard InChI is InChI=1S/C55H52N6O11/c1-32-18-41-43(57-27-38-22-35-8-4-6-10-45(35)60(38)54(41)67)25-48(32)71-30-33-19-34(21-37(20-33)47(63)13-15-52(65)59-29-40(62)12-14-51(64)56-17-16-53(66)70-3)31-72-50-26-44-42(24-49(50)69-2)55(68)61-39(28-58-44)23-36-9-5-7-11-46(36)61/h4-11,18-21,24-28,38-39H,12-17,22-23,29-31H2,1-3H3,(H,56,64)(H,59,65)/t38-,39-/m0/s1. The number of aryl methyl sites for hydroxylation is 1. The smallest absolute Gasteiger partial charge is 0.307 e. The lowest BCUT2D eigenvalue weighted by atomic mass is 10.0. The Morgan fingerprint density at radius 1 is 0.625 bits per heavy atom. The van der Waals surface area contributed by atoms with E-state index >= 15 is 0 Å². The van der Waals surface area contributed by atoms with E-state index in [1.54, 1.807) is 58.6 Å². The number of carbonyl (C=O) groups is 7. The molecule has 4 heterocycles. The number of esters is 1. The molecule has 0 unspecified atom stereocenters. The molecule has 0 saturated carbocycles. The molecule has 368 valence electrons. The Morgan fingerprint density at radius 3 is 1.79 bits per heavy atom. The van der Waals surface area contributed by atoms with E-state index in [9.17, 15) is 33.6 Å². The minimum atomic E-state index is -0.521. The number of carbonyl (C=O) groups excluding carboxylic acids is 7. The maximum atomic E-state index is 14.0. The van der Waals surface area contributed by atoms with Crippen LogP contribution in [0, 0.1) is 6.92 Å². The molecule has 0 aliphatic carbocycles. The van der Waals surface area contributed by atoms with E-state index in [2.05, 4.69) is 15.4 Å². The van der Waals surface area contributed by atoms with Crippen LogP contribution in [0.2, 0.25) is 0 Å². The molecule has 2 atom stereocenters. The second-order valence-corrected chi connectivity index (χ2v) is 17.9. The number of fused-ring (bicyclic) bond motifs is 8. The average Bonchev–Trinajstić information content (AvgIpc) is 3.88. The summed E-state index contributed by atoms with van der Waals surface area (Å²) < 4.78 is 23.0. The van der Waals surface area contributed by atoms with Gasteiger partial charge in [-0.25, -0.2) is 0 Å². The lowest BCUT2D eigenvalue weighted by molar-refractivity contribution is -0.140. The summed E-state index contributed by atoms with van der Waals surface area (Å²) in [6.07, 6.45) is 4.26. The summed E-state index contributed by atoms with van der Waals surface area (Å²) >= 11 is 0. The van der Waals surface area contributed by atoms with Crippen LogP contribution in [0.5, 0.6) is 17.2 Å². The van der Waals surface area contributed by atoms with Crippen molar-refractivity contribution in [3.8, 4) is 17.2 Å². The molecule has 0 aromatic heterocycles. The fourth-order valence-electron chi connectivity index (χ4n) is 9.29. The van der Waals surface area contributed by atoms with Crippen molar-refractivity contribution >= 4 is 76.3 Å². The molecule has 4 aliphatic rings. The van der Waals surface area contributed by atoms with E-state index in [4.69, 9.17) is 24.2 Å². The maximum absolute atomic E-state index is 14.0. The normalized spacial score (nSPS) is 15.7. The molecule has 0 fully saturated rings. The number of ketones is 2. The zero-order valence-corrected chi connectivity index (χ0v) is 40.0. The van der Waals surface area contributed by atoms with Gasteiger partial charge >= 0.3 is 5.97 Å². The van der Waals surface area contributed by atoms with Crippen LogP contribution in [-0.2, 0) is 50.0 Å². The second kappa shape index (κ2) is 21.3. The van der Waals surface area contributed by atoms with Crippen molar-refractivity contribution in [2.24, 2.45) is 9.98 Å². The summed E-state index contributed by atoms with van der Waals surface area (Å²) in [5.41, 5.74) is 7.79. The molecule has 4 amide bonds. The van der Waals surface area contributed by atoms with Crippen LogP contribution in [0.25, 0.3) is 0 Å².